The molecule has 0 N–H and O–H groups in total. The lowest BCUT2D eigenvalue weighted by atomic mass is 10.1. The molecule has 0 atom stereocenters. The van der Waals surface area contributed by atoms with Gasteiger partial charge in [0.25, 0.3) is 11.8 Å². The standard InChI is InChI=1S/C23H23NO5/c1-2-3-13-24-21(26)18-12-11-17(15-19(18)22(24)27)23(28)29-14-7-10-20(25)16-8-5-4-6-9-16/h4-6,8-9,11-12,15H,2-3,7,10,13-14H2,1H3. The van der Waals surface area contributed by atoms with Crippen LogP contribution in [0.4, 0.5) is 0 Å². The summed E-state index contributed by atoms with van der Waals surface area (Å²) in [7, 11) is 0. The Morgan fingerprint density at radius 1 is 0.897 bits per heavy atom. The Kier molecular flexibility index (Phi) is 6.54. The van der Waals surface area contributed by atoms with Crippen LogP contribution in [0.25, 0.3) is 0 Å². The lowest BCUT2D eigenvalue weighted by Gasteiger charge is -2.12. The van der Waals surface area contributed by atoms with Crippen LogP contribution in [0.2, 0.25) is 0 Å². The highest BCUT2D eigenvalue weighted by Gasteiger charge is 2.35. The molecule has 150 valence electrons. The molecule has 0 saturated carbocycles. The van der Waals surface area contributed by atoms with Gasteiger partial charge in [0.15, 0.2) is 5.78 Å². The summed E-state index contributed by atoms with van der Waals surface area (Å²) in [5.41, 5.74) is 1.40. The lowest BCUT2D eigenvalue weighted by molar-refractivity contribution is 0.0493. The highest BCUT2D eigenvalue weighted by atomic mass is 16.5. The van der Waals surface area contributed by atoms with Gasteiger partial charge < -0.3 is 4.74 Å². The van der Waals surface area contributed by atoms with Crippen molar-refractivity contribution in [3.8, 4) is 0 Å². The van der Waals surface area contributed by atoms with Crippen LogP contribution in [0.5, 0.6) is 0 Å². The fraction of sp³-hybridized carbons (Fsp3) is 0.304. The van der Waals surface area contributed by atoms with Crippen molar-refractivity contribution >= 4 is 23.6 Å². The summed E-state index contributed by atoms with van der Waals surface area (Å²) in [4.78, 5) is 50.4. The Labute approximate surface area is 169 Å². The summed E-state index contributed by atoms with van der Waals surface area (Å²) in [6, 6.07) is 13.4. The van der Waals surface area contributed by atoms with Crippen molar-refractivity contribution in [1.82, 2.24) is 4.90 Å². The molecule has 0 spiro atoms. The van der Waals surface area contributed by atoms with E-state index >= 15 is 0 Å². The van der Waals surface area contributed by atoms with Gasteiger partial charge in [0.2, 0.25) is 0 Å². The molecule has 3 rings (SSSR count). The first-order valence-electron chi connectivity index (χ1n) is 9.78. The van der Waals surface area contributed by atoms with E-state index in [4.69, 9.17) is 4.74 Å². The number of ether oxygens (including phenoxy) is 1. The van der Waals surface area contributed by atoms with Crippen LogP contribution >= 0.6 is 0 Å². The molecule has 0 radical (unpaired) electrons. The van der Waals surface area contributed by atoms with Crippen molar-refractivity contribution < 1.29 is 23.9 Å². The summed E-state index contributed by atoms with van der Waals surface area (Å²) < 4.78 is 5.23. The first-order valence-corrected chi connectivity index (χ1v) is 9.78. The van der Waals surface area contributed by atoms with E-state index in [9.17, 15) is 19.2 Å². The van der Waals surface area contributed by atoms with Crippen molar-refractivity contribution in [1.29, 1.82) is 0 Å². The molecule has 0 unspecified atom stereocenters. The van der Waals surface area contributed by atoms with E-state index in [0.29, 0.717) is 24.1 Å². The molecule has 0 fully saturated rings. The number of benzene rings is 2. The number of carbonyl (C=O) groups is 4. The Hall–Kier alpha value is -3.28. The van der Waals surface area contributed by atoms with Crippen LogP contribution < -0.4 is 0 Å². The fourth-order valence-corrected chi connectivity index (χ4v) is 3.19. The Morgan fingerprint density at radius 2 is 1.62 bits per heavy atom. The molecule has 2 aromatic carbocycles. The predicted octanol–water partition coefficient (Wildman–Crippen LogP) is 3.90. The molecule has 1 aliphatic heterocycles. The van der Waals surface area contributed by atoms with Crippen LogP contribution in [0.3, 0.4) is 0 Å². The van der Waals surface area contributed by atoms with Gasteiger partial charge in [-0.15, -0.1) is 0 Å². The first-order chi connectivity index (χ1) is 14.0. The zero-order valence-corrected chi connectivity index (χ0v) is 16.3. The molecule has 1 aliphatic rings. The number of imide groups is 1. The number of rotatable bonds is 9. The second kappa shape index (κ2) is 9.28. The molecule has 6 heteroatoms. The second-order valence-corrected chi connectivity index (χ2v) is 6.90. The maximum absolute atomic E-state index is 12.5. The van der Waals surface area contributed by atoms with Crippen LogP contribution in [0, 0.1) is 0 Å². The summed E-state index contributed by atoms with van der Waals surface area (Å²) in [6.45, 7) is 2.46. The number of hydrogen-bond acceptors (Lipinski definition) is 5. The number of nitrogens with zero attached hydrogens (tertiary/aromatic N) is 1. The summed E-state index contributed by atoms with van der Waals surface area (Å²) in [5.74, 6) is -1.28. The smallest absolute Gasteiger partial charge is 0.338 e. The molecule has 0 aromatic heterocycles. The van der Waals surface area contributed by atoms with E-state index in [-0.39, 0.29) is 41.8 Å². The van der Waals surface area contributed by atoms with Crippen molar-refractivity contribution in [2.24, 2.45) is 0 Å². The molecule has 0 bridgehead atoms. The minimum Gasteiger partial charge on any atom is -0.462 e. The van der Waals surface area contributed by atoms with Crippen molar-refractivity contribution in [2.75, 3.05) is 13.2 Å². The van der Waals surface area contributed by atoms with Gasteiger partial charge in [-0.25, -0.2) is 4.79 Å². The minimum atomic E-state index is -0.577. The number of esters is 1. The SMILES string of the molecule is CCCCN1C(=O)c2ccc(C(=O)OCCCC(=O)c3ccccc3)cc2C1=O. The largest absolute Gasteiger partial charge is 0.462 e. The lowest BCUT2D eigenvalue weighted by Crippen LogP contribution is -2.30. The van der Waals surface area contributed by atoms with Gasteiger partial charge >= 0.3 is 5.97 Å². The van der Waals surface area contributed by atoms with Crippen molar-refractivity contribution in [3.63, 3.8) is 0 Å². The van der Waals surface area contributed by atoms with Crippen LogP contribution in [0.15, 0.2) is 48.5 Å². The van der Waals surface area contributed by atoms with E-state index in [2.05, 4.69) is 0 Å². The maximum Gasteiger partial charge on any atom is 0.338 e. The Bertz CT molecular complexity index is 936. The van der Waals surface area contributed by atoms with Gasteiger partial charge in [-0.3, -0.25) is 19.3 Å². The summed E-state index contributed by atoms with van der Waals surface area (Å²) >= 11 is 0. The molecule has 29 heavy (non-hydrogen) atoms. The topological polar surface area (TPSA) is 80.8 Å². The number of carbonyl (C=O) groups excluding carboxylic acids is 4. The van der Waals surface area contributed by atoms with E-state index in [1.807, 2.05) is 13.0 Å². The molecule has 2 aromatic rings. The number of fused-ring (bicyclic) bond motifs is 1. The van der Waals surface area contributed by atoms with Crippen LogP contribution in [-0.2, 0) is 4.74 Å². The van der Waals surface area contributed by atoms with E-state index in [1.165, 1.54) is 23.1 Å². The first kappa shape index (κ1) is 20.5. The summed E-state index contributed by atoms with van der Waals surface area (Å²) in [6.07, 6.45) is 2.30. The third-order valence-electron chi connectivity index (χ3n) is 4.82. The van der Waals surface area contributed by atoms with Gasteiger partial charge in [-0.2, -0.15) is 0 Å². The maximum atomic E-state index is 12.5. The third-order valence-corrected chi connectivity index (χ3v) is 4.82. The van der Waals surface area contributed by atoms with E-state index < -0.39 is 5.97 Å². The molecule has 1 heterocycles. The third kappa shape index (κ3) is 4.59. The number of hydrogen-bond donors (Lipinski definition) is 0. The average molecular weight is 393 g/mol. The van der Waals surface area contributed by atoms with E-state index in [1.54, 1.807) is 24.3 Å². The molecule has 6 nitrogen and oxygen atoms in total. The van der Waals surface area contributed by atoms with Crippen molar-refractivity contribution in [2.45, 2.75) is 32.6 Å². The fourth-order valence-electron chi connectivity index (χ4n) is 3.19. The predicted molar refractivity (Wildman–Crippen MR) is 107 cm³/mol. The zero-order chi connectivity index (χ0) is 20.8. The van der Waals surface area contributed by atoms with Gasteiger partial charge in [0.1, 0.15) is 0 Å². The van der Waals surface area contributed by atoms with Gasteiger partial charge in [-0.1, -0.05) is 43.7 Å². The number of amides is 2. The Balaban J connectivity index is 1.55. The summed E-state index contributed by atoms with van der Waals surface area (Å²) in [5, 5.41) is 0. The normalized spacial score (nSPS) is 12.8. The van der Waals surface area contributed by atoms with Crippen LogP contribution in [0.1, 0.15) is 74.0 Å². The highest BCUT2D eigenvalue weighted by molar-refractivity contribution is 6.21. The van der Waals surface area contributed by atoms with Gasteiger partial charge in [0, 0.05) is 18.5 Å². The van der Waals surface area contributed by atoms with Gasteiger partial charge in [-0.05, 0) is 31.0 Å². The van der Waals surface area contributed by atoms with Crippen molar-refractivity contribution in [3.05, 3.63) is 70.8 Å². The number of ketones is 1. The highest BCUT2D eigenvalue weighted by Crippen LogP contribution is 2.24. The van der Waals surface area contributed by atoms with Crippen LogP contribution in [-0.4, -0.2) is 41.6 Å². The number of unbranched alkanes of at least 4 members (excludes halogenated alkanes) is 1. The molecule has 0 saturated heterocycles. The molecular weight excluding hydrogens is 370 g/mol. The zero-order valence-electron chi connectivity index (χ0n) is 16.3. The van der Waals surface area contributed by atoms with Gasteiger partial charge in [0.05, 0.1) is 23.3 Å². The second-order valence-electron chi connectivity index (χ2n) is 6.90. The molecular formula is C23H23NO5. The molecule has 2 amide bonds. The average Bonchev–Trinajstić information content (AvgIpc) is 2.99. The Morgan fingerprint density at radius 3 is 2.34 bits per heavy atom. The minimum absolute atomic E-state index is 0.00420. The quantitative estimate of drug-likeness (QED) is 0.279. The molecule has 0 aliphatic carbocycles. The number of Topliss-reactive ketones (excluding diaryl/α,β-unsaturated/α-hetero) is 1. The monoisotopic (exact) mass is 393 g/mol. The van der Waals surface area contributed by atoms with E-state index in [0.717, 1.165) is 12.8 Å².